The van der Waals surface area contributed by atoms with Crippen molar-refractivity contribution >= 4 is 22.4 Å². The quantitative estimate of drug-likeness (QED) is 0.682. The predicted molar refractivity (Wildman–Crippen MR) is 122 cm³/mol. The van der Waals surface area contributed by atoms with Gasteiger partial charge in [0.15, 0.2) is 0 Å². The summed E-state index contributed by atoms with van der Waals surface area (Å²) in [4.78, 5) is 17.6. The van der Waals surface area contributed by atoms with E-state index in [-0.39, 0.29) is 11.9 Å². The summed E-state index contributed by atoms with van der Waals surface area (Å²) < 4.78 is 5.54. The third-order valence-corrected chi connectivity index (χ3v) is 5.77. The summed E-state index contributed by atoms with van der Waals surface area (Å²) in [7, 11) is 4.08. The monoisotopic (exact) mass is 403 g/mol. The molecule has 0 spiro atoms. The van der Waals surface area contributed by atoms with E-state index in [1.165, 1.54) is 11.3 Å². The molecule has 30 heavy (non-hydrogen) atoms. The van der Waals surface area contributed by atoms with Crippen molar-refractivity contribution in [1.29, 1.82) is 0 Å². The summed E-state index contributed by atoms with van der Waals surface area (Å²) in [5.74, 6) is -0.0324. The topological polar surface area (TPSA) is 44.8 Å². The van der Waals surface area contributed by atoms with Crippen molar-refractivity contribution in [3.63, 3.8) is 0 Å². The molecule has 1 saturated heterocycles. The number of carbonyl (C=O) groups excluding carboxylic acids is 1. The normalized spacial score (nSPS) is 15.7. The second-order valence-electron chi connectivity index (χ2n) is 7.89. The van der Waals surface area contributed by atoms with Crippen LogP contribution in [0.1, 0.15) is 22.0 Å². The number of anilines is 1. The van der Waals surface area contributed by atoms with Crippen LogP contribution in [0.3, 0.4) is 0 Å². The molecule has 0 aliphatic carbocycles. The molecule has 5 nitrogen and oxygen atoms in total. The molecule has 1 aliphatic rings. The number of fused-ring (bicyclic) bond motifs is 1. The summed E-state index contributed by atoms with van der Waals surface area (Å²) in [5, 5.41) is 5.25. The maximum atomic E-state index is 13.1. The van der Waals surface area contributed by atoms with E-state index in [1.54, 1.807) is 0 Å². The molecule has 1 unspecified atom stereocenters. The third kappa shape index (κ3) is 4.48. The Labute approximate surface area is 178 Å². The number of hydrogen-bond acceptors (Lipinski definition) is 4. The van der Waals surface area contributed by atoms with Gasteiger partial charge in [0.25, 0.3) is 5.91 Å². The van der Waals surface area contributed by atoms with Crippen molar-refractivity contribution in [2.24, 2.45) is 0 Å². The summed E-state index contributed by atoms with van der Waals surface area (Å²) >= 11 is 0. The lowest BCUT2D eigenvalue weighted by atomic mass is 10.0. The number of nitrogens with zero attached hydrogens (tertiary/aromatic N) is 2. The van der Waals surface area contributed by atoms with Crippen molar-refractivity contribution in [2.45, 2.75) is 6.04 Å². The first kappa shape index (κ1) is 20.4. The number of ether oxygens (including phenoxy) is 1. The molecule has 4 rings (SSSR count). The van der Waals surface area contributed by atoms with Crippen LogP contribution in [0, 0.1) is 0 Å². The molecule has 1 fully saturated rings. The van der Waals surface area contributed by atoms with Crippen LogP contribution in [0.25, 0.3) is 10.8 Å². The Bertz CT molecular complexity index is 989. The summed E-state index contributed by atoms with van der Waals surface area (Å²) in [6.07, 6.45) is 0. The van der Waals surface area contributed by atoms with Gasteiger partial charge >= 0.3 is 0 Å². The van der Waals surface area contributed by atoms with Crippen LogP contribution in [0.15, 0.2) is 66.7 Å². The van der Waals surface area contributed by atoms with Gasteiger partial charge in [-0.25, -0.2) is 0 Å². The van der Waals surface area contributed by atoms with Crippen LogP contribution in [0.5, 0.6) is 0 Å². The fourth-order valence-corrected chi connectivity index (χ4v) is 4.05. The Morgan fingerprint density at radius 3 is 2.43 bits per heavy atom. The van der Waals surface area contributed by atoms with Crippen LogP contribution in [-0.2, 0) is 4.74 Å². The SMILES string of the molecule is CN(C)c1ccc(C(CNC(=O)c2cccc3ccccc23)N2CCOCC2)cc1. The van der Waals surface area contributed by atoms with Crippen molar-refractivity contribution < 1.29 is 9.53 Å². The molecule has 0 bridgehead atoms. The van der Waals surface area contributed by atoms with Gasteiger partial charge < -0.3 is 15.0 Å². The molecule has 0 radical (unpaired) electrons. The molecule has 1 heterocycles. The van der Waals surface area contributed by atoms with Crippen LogP contribution in [0.4, 0.5) is 5.69 Å². The number of amides is 1. The summed E-state index contributed by atoms with van der Waals surface area (Å²) in [6, 6.07) is 22.6. The van der Waals surface area contributed by atoms with Crippen LogP contribution < -0.4 is 10.2 Å². The number of nitrogens with one attached hydrogen (secondary N) is 1. The second-order valence-corrected chi connectivity index (χ2v) is 7.89. The molecule has 1 amide bonds. The van der Waals surface area contributed by atoms with Crippen molar-refractivity contribution in [2.75, 3.05) is 51.8 Å². The average molecular weight is 404 g/mol. The van der Waals surface area contributed by atoms with E-state index < -0.39 is 0 Å². The summed E-state index contributed by atoms with van der Waals surface area (Å²) in [6.45, 7) is 3.74. The lowest BCUT2D eigenvalue weighted by Gasteiger charge is -2.35. The van der Waals surface area contributed by atoms with Crippen molar-refractivity contribution in [1.82, 2.24) is 10.2 Å². The first-order chi connectivity index (χ1) is 14.6. The number of carbonyl (C=O) groups is 1. The van der Waals surface area contributed by atoms with Gasteiger partial charge in [-0.15, -0.1) is 0 Å². The van der Waals surface area contributed by atoms with E-state index in [9.17, 15) is 4.79 Å². The minimum absolute atomic E-state index is 0.0324. The molecule has 156 valence electrons. The minimum atomic E-state index is -0.0324. The summed E-state index contributed by atoms with van der Waals surface area (Å²) in [5.41, 5.74) is 3.09. The fraction of sp³-hybridized carbons (Fsp3) is 0.320. The first-order valence-electron chi connectivity index (χ1n) is 10.5. The zero-order chi connectivity index (χ0) is 20.9. The number of benzene rings is 3. The van der Waals surface area contributed by atoms with Crippen LogP contribution >= 0.6 is 0 Å². The van der Waals surface area contributed by atoms with Gasteiger partial charge in [0, 0.05) is 45.0 Å². The second kappa shape index (κ2) is 9.28. The Balaban J connectivity index is 1.54. The maximum Gasteiger partial charge on any atom is 0.251 e. The van der Waals surface area contributed by atoms with E-state index in [2.05, 4.69) is 39.4 Å². The molecular formula is C25H29N3O2. The largest absolute Gasteiger partial charge is 0.379 e. The van der Waals surface area contributed by atoms with Crippen molar-refractivity contribution in [3.05, 3.63) is 77.9 Å². The van der Waals surface area contributed by atoms with E-state index in [0.29, 0.717) is 6.54 Å². The van der Waals surface area contributed by atoms with Gasteiger partial charge in [0.2, 0.25) is 0 Å². The average Bonchev–Trinajstić information content (AvgIpc) is 2.79. The third-order valence-electron chi connectivity index (χ3n) is 5.77. The molecule has 0 saturated carbocycles. The van der Waals surface area contributed by atoms with Gasteiger partial charge in [-0.05, 0) is 34.5 Å². The van der Waals surface area contributed by atoms with E-state index in [4.69, 9.17) is 4.74 Å². The number of hydrogen-bond donors (Lipinski definition) is 1. The zero-order valence-electron chi connectivity index (χ0n) is 17.7. The fourth-order valence-electron chi connectivity index (χ4n) is 4.05. The Kier molecular flexibility index (Phi) is 6.31. The molecule has 1 aliphatic heterocycles. The van der Waals surface area contributed by atoms with Gasteiger partial charge in [0.1, 0.15) is 0 Å². The Hall–Kier alpha value is -2.89. The molecule has 3 aromatic rings. The van der Waals surface area contributed by atoms with Crippen LogP contribution in [-0.4, -0.2) is 57.8 Å². The van der Waals surface area contributed by atoms with Gasteiger partial charge in [0.05, 0.1) is 19.3 Å². The zero-order valence-corrected chi connectivity index (χ0v) is 17.7. The molecular weight excluding hydrogens is 374 g/mol. The minimum Gasteiger partial charge on any atom is -0.379 e. The first-order valence-corrected chi connectivity index (χ1v) is 10.5. The lowest BCUT2D eigenvalue weighted by molar-refractivity contribution is 0.0162. The molecule has 3 aromatic carbocycles. The van der Waals surface area contributed by atoms with Gasteiger partial charge in [-0.1, -0.05) is 48.5 Å². The Morgan fingerprint density at radius 2 is 1.70 bits per heavy atom. The van der Waals surface area contributed by atoms with E-state index in [0.717, 1.165) is 42.6 Å². The maximum absolute atomic E-state index is 13.1. The highest BCUT2D eigenvalue weighted by molar-refractivity contribution is 6.07. The highest BCUT2D eigenvalue weighted by Gasteiger charge is 2.23. The standard InChI is InChI=1S/C25H29N3O2/c1-27(2)21-12-10-20(11-13-21)24(28-14-16-30-17-15-28)18-26-25(29)23-9-5-7-19-6-3-4-8-22(19)23/h3-13,24H,14-18H2,1-2H3,(H,26,29). The molecule has 5 heteroatoms. The lowest BCUT2D eigenvalue weighted by Crippen LogP contribution is -2.43. The van der Waals surface area contributed by atoms with E-state index in [1.807, 2.05) is 56.6 Å². The number of morpholine rings is 1. The van der Waals surface area contributed by atoms with E-state index >= 15 is 0 Å². The number of rotatable bonds is 6. The van der Waals surface area contributed by atoms with Crippen LogP contribution in [0.2, 0.25) is 0 Å². The van der Waals surface area contributed by atoms with Gasteiger partial charge in [-0.3, -0.25) is 9.69 Å². The van der Waals surface area contributed by atoms with Crippen molar-refractivity contribution in [3.8, 4) is 0 Å². The molecule has 0 aromatic heterocycles. The molecule has 1 atom stereocenters. The predicted octanol–water partition coefficient (Wildman–Crippen LogP) is 3.71. The Morgan fingerprint density at radius 1 is 1.00 bits per heavy atom. The molecule has 1 N–H and O–H groups in total. The highest BCUT2D eigenvalue weighted by atomic mass is 16.5. The van der Waals surface area contributed by atoms with Gasteiger partial charge in [-0.2, -0.15) is 0 Å². The highest BCUT2D eigenvalue weighted by Crippen LogP contribution is 2.24. The smallest absolute Gasteiger partial charge is 0.251 e.